The molecule has 0 atom stereocenters. The van der Waals surface area contributed by atoms with Gasteiger partial charge in [0.05, 0.1) is 0 Å². The first-order valence-corrected chi connectivity index (χ1v) is 6.34. The van der Waals surface area contributed by atoms with Gasteiger partial charge in [0.15, 0.2) is 5.78 Å². The van der Waals surface area contributed by atoms with Crippen LogP contribution in [-0.2, 0) is 6.61 Å². The fourth-order valence-electron chi connectivity index (χ4n) is 1.76. The molecule has 4 nitrogen and oxygen atoms in total. The molecule has 0 unspecified atom stereocenters. The zero-order valence-corrected chi connectivity index (χ0v) is 11.2. The molecule has 0 spiro atoms. The van der Waals surface area contributed by atoms with E-state index in [-0.39, 0.29) is 12.4 Å². The fraction of sp³-hybridized carbons (Fsp3) is 0.188. The van der Waals surface area contributed by atoms with E-state index in [0.29, 0.717) is 23.4 Å². The van der Waals surface area contributed by atoms with Crippen molar-refractivity contribution in [2.75, 3.05) is 0 Å². The molecule has 0 aliphatic rings. The molecule has 4 heteroatoms. The lowest BCUT2D eigenvalue weighted by Crippen LogP contribution is -2.00. The Morgan fingerprint density at radius 2 is 2.05 bits per heavy atom. The van der Waals surface area contributed by atoms with Crippen molar-refractivity contribution >= 4 is 5.78 Å². The number of pyridine rings is 1. The van der Waals surface area contributed by atoms with Gasteiger partial charge in [0.2, 0.25) is 0 Å². The summed E-state index contributed by atoms with van der Waals surface area (Å²) in [5.74, 6) is 0.765. The van der Waals surface area contributed by atoms with Crippen molar-refractivity contribution in [3.05, 3.63) is 59.4 Å². The van der Waals surface area contributed by atoms with Crippen molar-refractivity contribution in [3.8, 4) is 11.8 Å². The van der Waals surface area contributed by atoms with Gasteiger partial charge in [0.1, 0.15) is 24.1 Å². The predicted molar refractivity (Wildman–Crippen MR) is 74.3 cm³/mol. The molecule has 0 aliphatic heterocycles. The topological polar surface area (TPSA) is 63.0 Å². The number of aromatic nitrogens is 1. The lowest BCUT2D eigenvalue weighted by atomic mass is 10.1. The lowest BCUT2D eigenvalue weighted by Gasteiger charge is -2.07. The van der Waals surface area contributed by atoms with E-state index in [2.05, 4.69) is 4.98 Å². The van der Waals surface area contributed by atoms with E-state index in [1.54, 1.807) is 42.6 Å². The van der Waals surface area contributed by atoms with Crippen LogP contribution in [-0.4, -0.2) is 10.8 Å². The molecule has 0 N–H and O–H groups in total. The van der Waals surface area contributed by atoms with Gasteiger partial charge < -0.3 is 4.74 Å². The second kappa shape index (κ2) is 6.48. The Morgan fingerprint density at radius 1 is 1.30 bits per heavy atom. The SMILES string of the molecule is CCC(=O)c1ccc(OCc2cccnc2C#N)cc1. The minimum atomic E-state index is 0.107. The summed E-state index contributed by atoms with van der Waals surface area (Å²) in [6, 6.07) is 12.6. The van der Waals surface area contributed by atoms with Crippen LogP contribution in [0.4, 0.5) is 0 Å². The smallest absolute Gasteiger partial charge is 0.162 e. The number of benzene rings is 1. The van der Waals surface area contributed by atoms with Crippen LogP contribution < -0.4 is 4.74 Å². The molecule has 0 fully saturated rings. The number of hydrogen-bond donors (Lipinski definition) is 0. The van der Waals surface area contributed by atoms with Crippen molar-refractivity contribution in [2.24, 2.45) is 0 Å². The number of carbonyl (C=O) groups is 1. The highest BCUT2D eigenvalue weighted by Crippen LogP contribution is 2.16. The lowest BCUT2D eigenvalue weighted by molar-refractivity contribution is 0.0988. The zero-order chi connectivity index (χ0) is 14.4. The average Bonchev–Trinajstić information content (AvgIpc) is 2.53. The van der Waals surface area contributed by atoms with Crippen molar-refractivity contribution in [1.82, 2.24) is 4.98 Å². The molecule has 2 aromatic rings. The molecular formula is C16H14N2O2. The molecule has 0 bridgehead atoms. The quantitative estimate of drug-likeness (QED) is 0.780. The third-order valence-electron chi connectivity index (χ3n) is 2.89. The summed E-state index contributed by atoms with van der Waals surface area (Å²) in [7, 11) is 0. The van der Waals surface area contributed by atoms with Gasteiger partial charge in [-0.2, -0.15) is 5.26 Å². The Hall–Kier alpha value is -2.67. The zero-order valence-electron chi connectivity index (χ0n) is 11.2. The van der Waals surface area contributed by atoms with Gasteiger partial charge in [0.25, 0.3) is 0 Å². The Morgan fingerprint density at radius 3 is 2.70 bits per heavy atom. The Labute approximate surface area is 117 Å². The van der Waals surface area contributed by atoms with Gasteiger partial charge in [-0.3, -0.25) is 4.79 Å². The molecule has 2 rings (SSSR count). The van der Waals surface area contributed by atoms with E-state index in [9.17, 15) is 4.79 Å². The van der Waals surface area contributed by atoms with Gasteiger partial charge in [-0.05, 0) is 30.3 Å². The third kappa shape index (κ3) is 3.21. The minimum Gasteiger partial charge on any atom is -0.489 e. The van der Waals surface area contributed by atoms with Crippen LogP contribution in [0.3, 0.4) is 0 Å². The monoisotopic (exact) mass is 266 g/mol. The van der Waals surface area contributed by atoms with E-state index in [1.165, 1.54) is 0 Å². The van der Waals surface area contributed by atoms with Crippen LogP contribution in [0.2, 0.25) is 0 Å². The molecule has 0 saturated heterocycles. The second-order valence-electron chi connectivity index (χ2n) is 4.21. The number of Topliss-reactive ketones (excluding diaryl/α,β-unsaturated/α-hetero) is 1. The first kappa shape index (κ1) is 13.8. The molecular weight excluding hydrogens is 252 g/mol. The number of nitriles is 1. The number of carbonyl (C=O) groups excluding carboxylic acids is 1. The van der Waals surface area contributed by atoms with Crippen molar-refractivity contribution in [1.29, 1.82) is 5.26 Å². The number of hydrogen-bond acceptors (Lipinski definition) is 4. The summed E-state index contributed by atoms with van der Waals surface area (Å²) < 4.78 is 5.60. The van der Waals surface area contributed by atoms with E-state index in [1.807, 2.05) is 13.0 Å². The summed E-state index contributed by atoms with van der Waals surface area (Å²) in [4.78, 5) is 15.5. The molecule has 1 aromatic heterocycles. The number of ether oxygens (including phenoxy) is 1. The Bertz CT molecular complexity index is 642. The standard InChI is InChI=1S/C16H14N2O2/c1-2-16(19)12-5-7-14(8-6-12)20-11-13-4-3-9-18-15(13)10-17/h3-9H,2,11H2,1H3. The maximum absolute atomic E-state index is 11.5. The Balaban J connectivity index is 2.04. The van der Waals surface area contributed by atoms with Gasteiger partial charge >= 0.3 is 0 Å². The molecule has 0 saturated carbocycles. The van der Waals surface area contributed by atoms with E-state index in [0.717, 1.165) is 5.56 Å². The van der Waals surface area contributed by atoms with Crippen LogP contribution >= 0.6 is 0 Å². The highest BCUT2D eigenvalue weighted by atomic mass is 16.5. The normalized spacial score (nSPS) is 9.80. The van der Waals surface area contributed by atoms with Gasteiger partial charge in [-0.15, -0.1) is 0 Å². The summed E-state index contributed by atoms with van der Waals surface area (Å²) in [5.41, 5.74) is 1.79. The molecule has 1 aromatic carbocycles. The summed E-state index contributed by atoms with van der Waals surface area (Å²) in [6.45, 7) is 2.11. The van der Waals surface area contributed by atoms with Crippen molar-refractivity contribution < 1.29 is 9.53 Å². The van der Waals surface area contributed by atoms with Crippen LogP contribution in [0.1, 0.15) is 35.0 Å². The van der Waals surface area contributed by atoms with Crippen LogP contribution in [0.5, 0.6) is 5.75 Å². The van der Waals surface area contributed by atoms with Gasteiger partial charge in [-0.25, -0.2) is 4.98 Å². The predicted octanol–water partition coefficient (Wildman–Crippen LogP) is 3.12. The summed E-state index contributed by atoms with van der Waals surface area (Å²) >= 11 is 0. The fourth-order valence-corrected chi connectivity index (χ4v) is 1.76. The molecule has 0 aliphatic carbocycles. The highest BCUT2D eigenvalue weighted by Gasteiger charge is 2.05. The summed E-state index contributed by atoms with van der Waals surface area (Å²) in [5, 5.41) is 8.93. The van der Waals surface area contributed by atoms with Gasteiger partial charge in [-0.1, -0.05) is 13.0 Å². The molecule has 0 amide bonds. The molecule has 100 valence electrons. The number of ketones is 1. The van der Waals surface area contributed by atoms with Crippen molar-refractivity contribution in [3.63, 3.8) is 0 Å². The first-order valence-electron chi connectivity index (χ1n) is 6.34. The maximum atomic E-state index is 11.5. The second-order valence-corrected chi connectivity index (χ2v) is 4.21. The van der Waals surface area contributed by atoms with E-state index in [4.69, 9.17) is 10.00 Å². The third-order valence-corrected chi connectivity index (χ3v) is 2.89. The molecule has 1 heterocycles. The average molecular weight is 266 g/mol. The number of rotatable bonds is 5. The largest absolute Gasteiger partial charge is 0.489 e. The van der Waals surface area contributed by atoms with Gasteiger partial charge in [0, 0.05) is 23.7 Å². The van der Waals surface area contributed by atoms with Crippen LogP contribution in [0.15, 0.2) is 42.6 Å². The Kier molecular flexibility index (Phi) is 4.46. The van der Waals surface area contributed by atoms with Crippen LogP contribution in [0.25, 0.3) is 0 Å². The summed E-state index contributed by atoms with van der Waals surface area (Å²) in [6.07, 6.45) is 2.06. The molecule has 20 heavy (non-hydrogen) atoms. The number of nitrogens with zero attached hydrogens (tertiary/aromatic N) is 2. The molecule has 0 radical (unpaired) electrons. The van der Waals surface area contributed by atoms with Crippen LogP contribution in [0, 0.1) is 11.3 Å². The maximum Gasteiger partial charge on any atom is 0.162 e. The highest BCUT2D eigenvalue weighted by molar-refractivity contribution is 5.95. The minimum absolute atomic E-state index is 0.107. The first-order chi connectivity index (χ1) is 9.74. The van der Waals surface area contributed by atoms with E-state index < -0.39 is 0 Å². The van der Waals surface area contributed by atoms with E-state index >= 15 is 0 Å². The van der Waals surface area contributed by atoms with Crippen molar-refractivity contribution in [2.45, 2.75) is 20.0 Å².